The number of nitriles is 1. The molecule has 1 aromatic carbocycles. The van der Waals surface area contributed by atoms with Crippen LogP contribution in [0.25, 0.3) is 0 Å². The van der Waals surface area contributed by atoms with Crippen molar-refractivity contribution in [2.24, 2.45) is 5.92 Å². The van der Waals surface area contributed by atoms with E-state index < -0.39 is 17.6 Å². The number of ketones is 1. The highest BCUT2D eigenvalue weighted by Gasteiger charge is 2.26. The molecule has 0 radical (unpaired) electrons. The summed E-state index contributed by atoms with van der Waals surface area (Å²) >= 11 is 0. The first-order valence-corrected chi connectivity index (χ1v) is 6.12. The van der Waals surface area contributed by atoms with Gasteiger partial charge in [0.05, 0.1) is 6.07 Å². The van der Waals surface area contributed by atoms with Gasteiger partial charge >= 0.3 is 0 Å². The van der Waals surface area contributed by atoms with Gasteiger partial charge < -0.3 is 10.1 Å². The smallest absolute Gasteiger partial charge is 0.245 e. The summed E-state index contributed by atoms with van der Waals surface area (Å²) < 4.78 is 5.17. The molecular formula is C16H14N2O3. The van der Waals surface area contributed by atoms with Gasteiger partial charge in [-0.15, -0.1) is 13.0 Å². The third kappa shape index (κ3) is 4.52. The van der Waals surface area contributed by atoms with Gasteiger partial charge in [-0.05, 0) is 24.3 Å². The third-order valence-corrected chi connectivity index (χ3v) is 2.54. The molecule has 106 valence electrons. The summed E-state index contributed by atoms with van der Waals surface area (Å²) in [5.74, 6) is 0.233. The molecule has 0 aromatic heterocycles. The minimum atomic E-state index is -1.39. The lowest BCUT2D eigenvalue weighted by molar-refractivity contribution is -0.121. The second-order valence-corrected chi connectivity index (χ2v) is 3.98. The molecule has 0 unspecified atom stereocenters. The average molecular weight is 282 g/mol. The highest BCUT2D eigenvalue weighted by atomic mass is 16.5. The summed E-state index contributed by atoms with van der Waals surface area (Å²) in [4.78, 5) is 23.8. The van der Waals surface area contributed by atoms with Crippen LogP contribution < -0.4 is 10.1 Å². The fourth-order valence-electron chi connectivity index (χ4n) is 1.52. The summed E-state index contributed by atoms with van der Waals surface area (Å²) in [6.07, 6.45) is 6.54. The number of carbonyl (C=O) groups is 2. The Morgan fingerprint density at radius 2 is 2.10 bits per heavy atom. The molecule has 5 nitrogen and oxygen atoms in total. The Kier molecular flexibility index (Phi) is 6.24. The van der Waals surface area contributed by atoms with Gasteiger partial charge in [-0.25, -0.2) is 0 Å². The molecule has 1 N–H and O–H groups in total. The summed E-state index contributed by atoms with van der Waals surface area (Å²) in [5, 5.41) is 11.4. The molecular weight excluding hydrogens is 268 g/mol. The minimum absolute atomic E-state index is 0.123. The quantitative estimate of drug-likeness (QED) is 0.354. The van der Waals surface area contributed by atoms with Crippen LogP contribution in [0.15, 0.2) is 36.9 Å². The normalized spacial score (nSPS) is 10.6. The fraction of sp³-hybridized carbons (Fsp3) is 0.188. The highest BCUT2D eigenvalue weighted by molar-refractivity contribution is 6.12. The lowest BCUT2D eigenvalue weighted by Crippen LogP contribution is -2.34. The van der Waals surface area contributed by atoms with Crippen molar-refractivity contribution in [2.45, 2.75) is 0 Å². The molecule has 0 fully saturated rings. The molecule has 1 rings (SSSR count). The number of nitrogens with one attached hydrogen (secondary N) is 1. The summed E-state index contributed by atoms with van der Waals surface area (Å²) in [6, 6.07) is 7.79. The van der Waals surface area contributed by atoms with Gasteiger partial charge in [0.1, 0.15) is 12.4 Å². The van der Waals surface area contributed by atoms with Gasteiger partial charge in [0, 0.05) is 12.1 Å². The Bertz CT molecular complexity index is 606. The van der Waals surface area contributed by atoms with Crippen molar-refractivity contribution in [3.05, 3.63) is 42.5 Å². The van der Waals surface area contributed by atoms with Gasteiger partial charge in [-0.1, -0.05) is 12.0 Å². The maximum Gasteiger partial charge on any atom is 0.245 e. The topological polar surface area (TPSA) is 79.2 Å². The zero-order valence-electron chi connectivity index (χ0n) is 11.3. The summed E-state index contributed by atoms with van der Waals surface area (Å²) in [5.41, 5.74) is 0.253. The first kappa shape index (κ1) is 16.0. The molecule has 21 heavy (non-hydrogen) atoms. The molecule has 1 amide bonds. The maximum absolute atomic E-state index is 12.1. The predicted octanol–water partition coefficient (Wildman–Crippen LogP) is 1.32. The van der Waals surface area contributed by atoms with E-state index in [1.807, 2.05) is 0 Å². The number of rotatable bonds is 7. The lowest BCUT2D eigenvalue weighted by atomic mass is 9.98. The van der Waals surface area contributed by atoms with E-state index in [2.05, 4.69) is 17.8 Å². The van der Waals surface area contributed by atoms with Crippen molar-refractivity contribution in [3.63, 3.8) is 0 Å². The molecule has 0 aliphatic heterocycles. The zero-order chi connectivity index (χ0) is 15.7. The van der Waals surface area contributed by atoms with E-state index in [0.29, 0.717) is 5.75 Å². The number of ether oxygens (including phenoxy) is 1. The van der Waals surface area contributed by atoms with Crippen LogP contribution in [0.5, 0.6) is 5.75 Å². The first-order chi connectivity index (χ1) is 10.1. The molecule has 5 heteroatoms. The van der Waals surface area contributed by atoms with Crippen LogP contribution in [0.1, 0.15) is 10.4 Å². The van der Waals surface area contributed by atoms with E-state index in [9.17, 15) is 9.59 Å². The summed E-state index contributed by atoms with van der Waals surface area (Å²) in [6.45, 7) is 3.77. The molecule has 0 bridgehead atoms. The van der Waals surface area contributed by atoms with Crippen molar-refractivity contribution in [2.75, 3.05) is 13.2 Å². The van der Waals surface area contributed by atoms with Gasteiger partial charge in [0.2, 0.25) is 5.91 Å². The molecule has 0 spiro atoms. The number of benzene rings is 1. The number of Topliss-reactive ketones (excluding diaryl/α,β-unsaturated/α-hetero) is 1. The van der Waals surface area contributed by atoms with Crippen LogP contribution in [0, 0.1) is 29.6 Å². The SMILES string of the molecule is C#CCOc1ccc(C(=O)[C@@H](C#N)C(=O)NCC=C)cc1. The van der Waals surface area contributed by atoms with Gasteiger partial charge in [-0.3, -0.25) is 9.59 Å². The van der Waals surface area contributed by atoms with E-state index in [1.54, 1.807) is 18.2 Å². The maximum atomic E-state index is 12.1. The predicted molar refractivity (Wildman–Crippen MR) is 77.4 cm³/mol. The molecule has 0 saturated heterocycles. The Morgan fingerprint density at radius 1 is 1.43 bits per heavy atom. The molecule has 1 aromatic rings. The molecule has 1 atom stereocenters. The number of carbonyl (C=O) groups excluding carboxylic acids is 2. The standard InChI is InChI=1S/C16H14N2O3/c1-3-9-18-16(20)14(11-17)15(19)12-5-7-13(8-6-12)21-10-4-2/h2-3,5-8,14H,1,9-10H2,(H,18,20)/t14-/m1/s1. The molecule has 0 saturated carbocycles. The van der Waals surface area contributed by atoms with Crippen molar-refractivity contribution in [1.82, 2.24) is 5.32 Å². The molecule has 0 heterocycles. The van der Waals surface area contributed by atoms with E-state index in [-0.39, 0.29) is 18.7 Å². The average Bonchev–Trinajstić information content (AvgIpc) is 2.52. The zero-order valence-corrected chi connectivity index (χ0v) is 11.3. The second kappa shape index (κ2) is 8.19. The van der Waals surface area contributed by atoms with Crippen LogP contribution in [0.4, 0.5) is 0 Å². The number of nitrogens with zero attached hydrogens (tertiary/aromatic N) is 1. The van der Waals surface area contributed by atoms with E-state index in [1.165, 1.54) is 18.2 Å². The molecule has 0 aliphatic rings. The number of amides is 1. The Hall–Kier alpha value is -3.05. The largest absolute Gasteiger partial charge is 0.481 e. The lowest BCUT2D eigenvalue weighted by Gasteiger charge is -2.09. The summed E-state index contributed by atoms with van der Waals surface area (Å²) in [7, 11) is 0. The van der Waals surface area contributed by atoms with Gasteiger partial charge in [0.25, 0.3) is 0 Å². The number of hydrogen-bond donors (Lipinski definition) is 1. The Balaban J connectivity index is 2.81. The third-order valence-electron chi connectivity index (χ3n) is 2.54. The first-order valence-electron chi connectivity index (χ1n) is 6.12. The van der Waals surface area contributed by atoms with Crippen LogP contribution in [0.2, 0.25) is 0 Å². The second-order valence-electron chi connectivity index (χ2n) is 3.98. The number of hydrogen-bond acceptors (Lipinski definition) is 4. The van der Waals surface area contributed by atoms with Crippen molar-refractivity contribution in [1.29, 1.82) is 5.26 Å². The monoisotopic (exact) mass is 282 g/mol. The van der Waals surface area contributed by atoms with Gasteiger partial charge in [-0.2, -0.15) is 5.26 Å². The van der Waals surface area contributed by atoms with Gasteiger partial charge in [0.15, 0.2) is 11.7 Å². The van der Waals surface area contributed by atoms with E-state index in [0.717, 1.165) is 0 Å². The Morgan fingerprint density at radius 3 is 2.62 bits per heavy atom. The minimum Gasteiger partial charge on any atom is -0.481 e. The Labute approximate surface area is 123 Å². The fourth-order valence-corrected chi connectivity index (χ4v) is 1.52. The highest BCUT2D eigenvalue weighted by Crippen LogP contribution is 2.15. The van der Waals surface area contributed by atoms with Crippen LogP contribution >= 0.6 is 0 Å². The van der Waals surface area contributed by atoms with Crippen molar-refractivity contribution >= 4 is 11.7 Å². The van der Waals surface area contributed by atoms with Crippen LogP contribution in [0.3, 0.4) is 0 Å². The van der Waals surface area contributed by atoms with Crippen molar-refractivity contribution in [3.8, 4) is 24.2 Å². The number of terminal acetylenes is 1. The van der Waals surface area contributed by atoms with Crippen molar-refractivity contribution < 1.29 is 14.3 Å². The van der Waals surface area contributed by atoms with E-state index >= 15 is 0 Å². The van der Waals surface area contributed by atoms with Crippen LogP contribution in [-0.4, -0.2) is 24.8 Å². The van der Waals surface area contributed by atoms with E-state index in [4.69, 9.17) is 16.4 Å². The molecule has 0 aliphatic carbocycles. The van der Waals surface area contributed by atoms with Crippen LogP contribution in [-0.2, 0) is 4.79 Å².